The molecular formula is C16H18ClNO2S2. The van der Waals surface area contributed by atoms with E-state index in [0.717, 1.165) is 24.8 Å². The van der Waals surface area contributed by atoms with Crippen LogP contribution < -0.4 is 0 Å². The van der Waals surface area contributed by atoms with Gasteiger partial charge in [-0.3, -0.25) is 0 Å². The quantitative estimate of drug-likeness (QED) is 0.782. The maximum Gasteiger partial charge on any atom is 0.243 e. The highest BCUT2D eigenvalue weighted by atomic mass is 35.5. The lowest BCUT2D eigenvalue weighted by Gasteiger charge is -2.22. The van der Waals surface area contributed by atoms with Crippen LogP contribution in [0, 0.1) is 6.92 Å². The Morgan fingerprint density at radius 1 is 1.32 bits per heavy atom. The number of hydrogen-bond acceptors (Lipinski definition) is 3. The Kier molecular flexibility index (Phi) is 4.59. The predicted molar refractivity (Wildman–Crippen MR) is 91.1 cm³/mol. The number of halogens is 1. The highest BCUT2D eigenvalue weighted by molar-refractivity contribution is 7.89. The van der Waals surface area contributed by atoms with E-state index in [-0.39, 0.29) is 6.04 Å². The molecule has 1 heterocycles. The zero-order valence-corrected chi connectivity index (χ0v) is 14.7. The molecular weight excluding hydrogens is 338 g/mol. The first-order valence-electron chi connectivity index (χ1n) is 7.29. The average Bonchev–Trinajstić information content (AvgIpc) is 3.17. The van der Waals surface area contributed by atoms with E-state index in [0.29, 0.717) is 16.5 Å². The van der Waals surface area contributed by atoms with E-state index in [1.807, 2.05) is 24.4 Å². The van der Waals surface area contributed by atoms with Gasteiger partial charge in [-0.2, -0.15) is 4.31 Å². The Balaban J connectivity index is 1.84. The molecule has 0 unspecified atom stereocenters. The summed E-state index contributed by atoms with van der Waals surface area (Å²) in [4.78, 5) is 1.50. The predicted octanol–water partition coefficient (Wildman–Crippen LogP) is 4.11. The molecule has 1 saturated carbocycles. The topological polar surface area (TPSA) is 37.4 Å². The van der Waals surface area contributed by atoms with E-state index >= 15 is 0 Å². The molecule has 1 fully saturated rings. The number of thiophene rings is 1. The third kappa shape index (κ3) is 3.38. The fourth-order valence-corrected chi connectivity index (χ4v) is 5.06. The normalized spacial score (nSPS) is 15.4. The van der Waals surface area contributed by atoms with Gasteiger partial charge in [0.05, 0.1) is 4.90 Å². The lowest BCUT2D eigenvalue weighted by atomic mass is 10.2. The number of nitrogens with zero attached hydrogens (tertiary/aromatic N) is 1. The van der Waals surface area contributed by atoms with Gasteiger partial charge in [-0.25, -0.2) is 8.42 Å². The van der Waals surface area contributed by atoms with Crippen LogP contribution in [0.4, 0.5) is 0 Å². The van der Waals surface area contributed by atoms with Gasteiger partial charge in [-0.05, 0) is 55.3 Å². The minimum atomic E-state index is -3.48. The summed E-state index contributed by atoms with van der Waals surface area (Å²) in [6.07, 6.45) is 2.65. The molecule has 1 aromatic carbocycles. The average molecular weight is 356 g/mol. The standard InChI is InChI=1S/C16H18ClNO2S2/c1-12-4-7-15(11-16(12)17)22(19,20)18(13-5-6-13)9-8-14-3-2-10-21-14/h2-4,7,10-11,13H,5-6,8-9H2,1H3. The number of rotatable bonds is 6. The van der Waals surface area contributed by atoms with Crippen LogP contribution in [0.1, 0.15) is 23.3 Å². The van der Waals surface area contributed by atoms with Crippen molar-refractivity contribution in [3.05, 3.63) is 51.2 Å². The van der Waals surface area contributed by atoms with Gasteiger partial charge < -0.3 is 0 Å². The number of sulfonamides is 1. The molecule has 0 bridgehead atoms. The lowest BCUT2D eigenvalue weighted by molar-refractivity contribution is 0.408. The van der Waals surface area contributed by atoms with E-state index in [4.69, 9.17) is 11.6 Å². The van der Waals surface area contributed by atoms with Gasteiger partial charge in [0.2, 0.25) is 10.0 Å². The number of benzene rings is 1. The fraction of sp³-hybridized carbons (Fsp3) is 0.375. The molecule has 0 aliphatic heterocycles. The molecule has 0 amide bonds. The Bertz CT molecular complexity index is 752. The van der Waals surface area contributed by atoms with Crippen LogP contribution in [0.3, 0.4) is 0 Å². The Morgan fingerprint density at radius 3 is 2.68 bits per heavy atom. The van der Waals surface area contributed by atoms with Crippen molar-refractivity contribution in [2.75, 3.05) is 6.54 Å². The van der Waals surface area contributed by atoms with E-state index in [9.17, 15) is 8.42 Å². The monoisotopic (exact) mass is 355 g/mol. The van der Waals surface area contributed by atoms with Crippen LogP contribution >= 0.6 is 22.9 Å². The summed E-state index contributed by atoms with van der Waals surface area (Å²) in [7, 11) is -3.48. The van der Waals surface area contributed by atoms with Crippen molar-refractivity contribution in [2.45, 2.75) is 37.1 Å². The fourth-order valence-electron chi connectivity index (χ4n) is 2.41. The van der Waals surface area contributed by atoms with Gasteiger partial charge in [0, 0.05) is 22.5 Å². The molecule has 0 spiro atoms. The molecule has 6 heteroatoms. The number of hydrogen-bond donors (Lipinski definition) is 0. The maximum absolute atomic E-state index is 12.9. The van der Waals surface area contributed by atoms with Crippen molar-refractivity contribution in [1.82, 2.24) is 4.31 Å². The summed E-state index contributed by atoms with van der Waals surface area (Å²) >= 11 is 7.76. The highest BCUT2D eigenvalue weighted by Crippen LogP contribution is 2.33. The van der Waals surface area contributed by atoms with Gasteiger partial charge in [0.25, 0.3) is 0 Å². The highest BCUT2D eigenvalue weighted by Gasteiger charge is 2.37. The molecule has 3 nitrogen and oxygen atoms in total. The van der Waals surface area contributed by atoms with E-state index in [1.165, 1.54) is 4.88 Å². The third-order valence-corrected chi connectivity index (χ3v) is 7.15. The first-order valence-corrected chi connectivity index (χ1v) is 9.98. The summed E-state index contributed by atoms with van der Waals surface area (Å²) in [5.41, 5.74) is 0.886. The second-order valence-corrected chi connectivity index (χ2v) is 8.92. The molecule has 0 N–H and O–H groups in total. The van der Waals surface area contributed by atoms with Crippen molar-refractivity contribution in [3.63, 3.8) is 0 Å². The SMILES string of the molecule is Cc1ccc(S(=O)(=O)N(CCc2cccs2)C2CC2)cc1Cl. The summed E-state index contributed by atoms with van der Waals surface area (Å²) in [6.45, 7) is 2.40. The Morgan fingerprint density at radius 2 is 2.09 bits per heavy atom. The van der Waals surface area contributed by atoms with Crippen molar-refractivity contribution < 1.29 is 8.42 Å². The lowest BCUT2D eigenvalue weighted by Crippen LogP contribution is -2.34. The summed E-state index contributed by atoms with van der Waals surface area (Å²) < 4.78 is 27.5. The van der Waals surface area contributed by atoms with Gasteiger partial charge in [-0.15, -0.1) is 11.3 Å². The first kappa shape index (κ1) is 16.0. The summed E-state index contributed by atoms with van der Waals surface area (Å²) in [5.74, 6) is 0. The minimum absolute atomic E-state index is 0.144. The Labute approximate surface area is 140 Å². The van der Waals surface area contributed by atoms with Crippen molar-refractivity contribution in [3.8, 4) is 0 Å². The molecule has 0 atom stereocenters. The minimum Gasteiger partial charge on any atom is -0.207 e. The van der Waals surface area contributed by atoms with Crippen molar-refractivity contribution >= 4 is 33.0 Å². The largest absolute Gasteiger partial charge is 0.243 e. The molecule has 0 radical (unpaired) electrons. The molecule has 3 rings (SSSR count). The van der Waals surface area contributed by atoms with Gasteiger partial charge in [-0.1, -0.05) is 23.7 Å². The summed E-state index contributed by atoms with van der Waals surface area (Å²) in [6, 6.07) is 9.16. The van der Waals surface area contributed by atoms with Crippen LogP contribution in [0.15, 0.2) is 40.6 Å². The molecule has 1 aliphatic rings. The number of aryl methyl sites for hydroxylation is 1. The smallest absolute Gasteiger partial charge is 0.207 e. The molecule has 118 valence electrons. The van der Waals surface area contributed by atoms with Gasteiger partial charge in [0.1, 0.15) is 0 Å². The first-order chi connectivity index (χ1) is 10.5. The van der Waals surface area contributed by atoms with E-state index < -0.39 is 10.0 Å². The van der Waals surface area contributed by atoms with Crippen molar-refractivity contribution in [1.29, 1.82) is 0 Å². The molecule has 1 aliphatic carbocycles. The van der Waals surface area contributed by atoms with Crippen molar-refractivity contribution in [2.24, 2.45) is 0 Å². The van der Waals surface area contributed by atoms with Gasteiger partial charge in [0.15, 0.2) is 0 Å². The van der Waals surface area contributed by atoms with E-state index in [1.54, 1.807) is 33.8 Å². The molecule has 1 aromatic heterocycles. The zero-order chi connectivity index (χ0) is 15.7. The van der Waals surface area contributed by atoms with E-state index in [2.05, 4.69) is 0 Å². The molecule has 22 heavy (non-hydrogen) atoms. The van der Waals surface area contributed by atoms with Crippen LogP contribution in [-0.4, -0.2) is 25.3 Å². The molecule has 0 saturated heterocycles. The Hall–Kier alpha value is -0.880. The molecule has 2 aromatic rings. The van der Waals surface area contributed by atoms with Crippen LogP contribution in [0.2, 0.25) is 5.02 Å². The summed E-state index contributed by atoms with van der Waals surface area (Å²) in [5, 5.41) is 2.51. The van der Waals surface area contributed by atoms with Crippen LogP contribution in [-0.2, 0) is 16.4 Å². The second-order valence-electron chi connectivity index (χ2n) is 5.59. The van der Waals surface area contributed by atoms with Crippen LogP contribution in [0.25, 0.3) is 0 Å². The second kappa shape index (κ2) is 6.32. The zero-order valence-electron chi connectivity index (χ0n) is 12.3. The van der Waals surface area contributed by atoms with Crippen LogP contribution in [0.5, 0.6) is 0 Å². The van der Waals surface area contributed by atoms with Gasteiger partial charge >= 0.3 is 0 Å². The maximum atomic E-state index is 12.9. The third-order valence-electron chi connectivity index (χ3n) is 3.86.